The van der Waals surface area contributed by atoms with E-state index in [1.54, 1.807) is 0 Å². The van der Waals surface area contributed by atoms with Gasteiger partial charge >= 0.3 is 0 Å². The average molecular weight is 402 g/mol. The van der Waals surface area contributed by atoms with Crippen LogP contribution < -0.4 is 10.6 Å². The zero-order valence-corrected chi connectivity index (χ0v) is 17.6. The first-order chi connectivity index (χ1) is 14.4. The van der Waals surface area contributed by atoms with Gasteiger partial charge in [-0.25, -0.2) is 4.98 Å². The number of guanidine groups is 1. The Morgan fingerprint density at radius 2 is 2.10 bits per heavy atom. The summed E-state index contributed by atoms with van der Waals surface area (Å²) < 4.78 is 13.4. The third kappa shape index (κ3) is 7.33. The van der Waals surface area contributed by atoms with E-state index >= 15 is 0 Å². The number of fused-ring (bicyclic) bond motifs is 1. The van der Waals surface area contributed by atoms with Crippen LogP contribution in [0, 0.1) is 5.92 Å². The van der Waals surface area contributed by atoms with Crippen molar-refractivity contribution in [3.05, 3.63) is 30.6 Å². The maximum Gasteiger partial charge on any atom is 0.191 e. The Morgan fingerprint density at radius 1 is 1.24 bits per heavy atom. The van der Waals surface area contributed by atoms with Gasteiger partial charge in [0, 0.05) is 52.6 Å². The van der Waals surface area contributed by atoms with Gasteiger partial charge in [0.1, 0.15) is 0 Å². The fourth-order valence-corrected chi connectivity index (χ4v) is 3.51. The minimum absolute atomic E-state index is 0.670. The summed E-state index contributed by atoms with van der Waals surface area (Å²) in [6.45, 7) is 8.93. The van der Waals surface area contributed by atoms with Crippen LogP contribution in [0.4, 0.5) is 0 Å². The van der Waals surface area contributed by atoms with Crippen molar-refractivity contribution in [1.29, 1.82) is 0 Å². The molecule has 0 atom stereocenters. The maximum absolute atomic E-state index is 5.83. The van der Waals surface area contributed by atoms with E-state index in [1.807, 2.05) is 18.5 Å². The molecule has 7 nitrogen and oxygen atoms in total. The molecule has 0 radical (unpaired) electrons. The standard InChI is InChI=1S/C22H35N5O2/c1-2-23-22(25-12-6-14-29-17-19-9-15-28-16-10-19)24-11-5-13-27-18-26-20-7-3-4-8-21(20)27/h3-4,7-8,18-19H,2,5-6,9-17H2,1H3,(H2,23,24,25). The van der Waals surface area contributed by atoms with E-state index in [9.17, 15) is 0 Å². The number of para-hydroxylation sites is 2. The number of benzene rings is 1. The summed E-state index contributed by atoms with van der Waals surface area (Å²) >= 11 is 0. The summed E-state index contributed by atoms with van der Waals surface area (Å²) in [7, 11) is 0. The van der Waals surface area contributed by atoms with Gasteiger partial charge in [-0.2, -0.15) is 0 Å². The molecule has 1 saturated heterocycles. The topological polar surface area (TPSA) is 72.7 Å². The number of ether oxygens (including phenoxy) is 2. The zero-order valence-electron chi connectivity index (χ0n) is 17.6. The van der Waals surface area contributed by atoms with Crippen LogP contribution in [0.2, 0.25) is 0 Å². The molecule has 0 unspecified atom stereocenters. The second-order valence-corrected chi connectivity index (χ2v) is 7.45. The van der Waals surface area contributed by atoms with Crippen molar-refractivity contribution >= 4 is 17.0 Å². The molecule has 1 aromatic heterocycles. The number of imidazole rings is 1. The van der Waals surface area contributed by atoms with Crippen molar-refractivity contribution in [3.8, 4) is 0 Å². The van der Waals surface area contributed by atoms with Crippen molar-refractivity contribution in [2.24, 2.45) is 10.9 Å². The molecular formula is C22H35N5O2. The summed E-state index contributed by atoms with van der Waals surface area (Å²) in [4.78, 5) is 9.13. The lowest BCUT2D eigenvalue weighted by molar-refractivity contribution is 0.0203. The first-order valence-electron chi connectivity index (χ1n) is 10.9. The van der Waals surface area contributed by atoms with Gasteiger partial charge in [0.2, 0.25) is 0 Å². The van der Waals surface area contributed by atoms with Crippen LogP contribution in [0.1, 0.15) is 32.6 Å². The Hall–Kier alpha value is -2.12. The normalized spacial score (nSPS) is 15.7. The maximum atomic E-state index is 5.83. The molecule has 3 rings (SSSR count). The Balaban J connectivity index is 1.30. The summed E-state index contributed by atoms with van der Waals surface area (Å²) in [6, 6.07) is 8.24. The van der Waals surface area contributed by atoms with Gasteiger partial charge in [0.25, 0.3) is 0 Å². The Bertz CT molecular complexity index is 740. The number of hydrogen-bond donors (Lipinski definition) is 2. The van der Waals surface area contributed by atoms with Crippen molar-refractivity contribution in [2.75, 3.05) is 46.1 Å². The molecule has 7 heteroatoms. The van der Waals surface area contributed by atoms with Crippen molar-refractivity contribution < 1.29 is 9.47 Å². The molecule has 160 valence electrons. The van der Waals surface area contributed by atoms with Gasteiger partial charge in [-0.1, -0.05) is 12.1 Å². The zero-order chi connectivity index (χ0) is 20.2. The van der Waals surface area contributed by atoms with Crippen LogP contribution in [0.5, 0.6) is 0 Å². The van der Waals surface area contributed by atoms with E-state index in [1.165, 1.54) is 5.52 Å². The second kappa shape index (κ2) is 12.4. The Morgan fingerprint density at radius 3 is 2.97 bits per heavy atom. The molecule has 2 N–H and O–H groups in total. The predicted octanol–water partition coefficient (Wildman–Crippen LogP) is 2.81. The third-order valence-electron chi connectivity index (χ3n) is 5.15. The molecular weight excluding hydrogens is 366 g/mol. The van der Waals surface area contributed by atoms with Gasteiger partial charge < -0.3 is 24.7 Å². The first-order valence-corrected chi connectivity index (χ1v) is 10.9. The van der Waals surface area contributed by atoms with Crippen LogP contribution in [-0.4, -0.2) is 61.6 Å². The Labute approximate surface area is 173 Å². The number of rotatable bonds is 11. The SMILES string of the molecule is CCNC(=NCCCn1cnc2ccccc21)NCCCOCC1CCOCC1. The van der Waals surface area contributed by atoms with Gasteiger partial charge in [-0.3, -0.25) is 4.99 Å². The molecule has 1 aliphatic rings. The monoisotopic (exact) mass is 401 g/mol. The quantitative estimate of drug-likeness (QED) is 0.344. The number of aliphatic imine (C=N–C) groups is 1. The van der Waals surface area contributed by atoms with Crippen molar-refractivity contribution in [3.63, 3.8) is 0 Å². The van der Waals surface area contributed by atoms with E-state index in [0.29, 0.717) is 5.92 Å². The van der Waals surface area contributed by atoms with E-state index in [-0.39, 0.29) is 0 Å². The van der Waals surface area contributed by atoms with Gasteiger partial charge in [0.05, 0.1) is 17.4 Å². The lowest BCUT2D eigenvalue weighted by Crippen LogP contribution is -2.38. The molecule has 29 heavy (non-hydrogen) atoms. The minimum atomic E-state index is 0.670. The Kier molecular flexibility index (Phi) is 9.26. The number of hydrogen-bond acceptors (Lipinski definition) is 4. The summed E-state index contributed by atoms with van der Waals surface area (Å²) in [5.41, 5.74) is 2.23. The van der Waals surface area contributed by atoms with Crippen molar-refractivity contribution in [2.45, 2.75) is 39.2 Å². The molecule has 1 aliphatic heterocycles. The van der Waals surface area contributed by atoms with Crippen LogP contribution in [0.25, 0.3) is 11.0 Å². The highest BCUT2D eigenvalue weighted by Gasteiger charge is 2.13. The summed E-state index contributed by atoms with van der Waals surface area (Å²) in [6.07, 6.45) is 6.13. The number of nitrogens with one attached hydrogen (secondary N) is 2. The van der Waals surface area contributed by atoms with E-state index in [4.69, 9.17) is 14.5 Å². The lowest BCUT2D eigenvalue weighted by Gasteiger charge is -2.21. The highest BCUT2D eigenvalue weighted by Crippen LogP contribution is 2.14. The molecule has 2 heterocycles. The number of aryl methyl sites for hydroxylation is 1. The number of aromatic nitrogens is 2. The smallest absolute Gasteiger partial charge is 0.191 e. The predicted molar refractivity (Wildman–Crippen MR) is 117 cm³/mol. The molecule has 1 aromatic carbocycles. The van der Waals surface area contributed by atoms with Crippen LogP contribution in [-0.2, 0) is 16.0 Å². The molecule has 0 saturated carbocycles. The van der Waals surface area contributed by atoms with Gasteiger partial charge in [-0.05, 0) is 50.7 Å². The fraction of sp³-hybridized carbons (Fsp3) is 0.636. The molecule has 2 aromatic rings. The molecule has 0 bridgehead atoms. The second-order valence-electron chi connectivity index (χ2n) is 7.45. The van der Waals surface area contributed by atoms with Crippen LogP contribution in [0.3, 0.4) is 0 Å². The van der Waals surface area contributed by atoms with Crippen molar-refractivity contribution in [1.82, 2.24) is 20.2 Å². The lowest BCUT2D eigenvalue weighted by atomic mass is 10.0. The van der Waals surface area contributed by atoms with E-state index < -0.39 is 0 Å². The minimum Gasteiger partial charge on any atom is -0.381 e. The van der Waals surface area contributed by atoms with E-state index in [0.717, 1.165) is 89.8 Å². The summed E-state index contributed by atoms with van der Waals surface area (Å²) in [5.74, 6) is 1.55. The van der Waals surface area contributed by atoms with Gasteiger partial charge in [0.15, 0.2) is 5.96 Å². The van der Waals surface area contributed by atoms with Gasteiger partial charge in [-0.15, -0.1) is 0 Å². The average Bonchev–Trinajstić information content (AvgIpc) is 3.17. The summed E-state index contributed by atoms with van der Waals surface area (Å²) in [5, 5.41) is 6.72. The first kappa shape index (κ1) is 21.6. The molecule has 1 fully saturated rings. The fourth-order valence-electron chi connectivity index (χ4n) is 3.51. The van der Waals surface area contributed by atoms with E-state index in [2.05, 4.69) is 39.2 Å². The number of nitrogens with zero attached hydrogens (tertiary/aromatic N) is 3. The highest BCUT2D eigenvalue weighted by molar-refractivity contribution is 5.79. The molecule has 0 amide bonds. The van der Waals surface area contributed by atoms with Crippen LogP contribution in [0.15, 0.2) is 35.6 Å². The molecule has 0 spiro atoms. The molecule has 0 aliphatic carbocycles. The highest BCUT2D eigenvalue weighted by atomic mass is 16.5. The van der Waals surface area contributed by atoms with Crippen LogP contribution >= 0.6 is 0 Å². The third-order valence-corrected chi connectivity index (χ3v) is 5.15. The largest absolute Gasteiger partial charge is 0.381 e.